The van der Waals surface area contributed by atoms with E-state index >= 15 is 0 Å². The minimum absolute atomic E-state index is 0.0849. The number of hydrogen-bond acceptors (Lipinski definition) is 21. The number of aliphatic carboxylic acids is 1. The zero-order valence-electron chi connectivity index (χ0n) is 69.4. The average molecular weight is 1800 g/mol. The van der Waals surface area contributed by atoms with Crippen LogP contribution in [0.2, 0.25) is 10.0 Å². The molecule has 6 aromatic heterocycles. The van der Waals surface area contributed by atoms with Gasteiger partial charge in [0.2, 0.25) is 5.91 Å². The van der Waals surface area contributed by atoms with E-state index in [-0.39, 0.29) is 87.9 Å². The molecule has 8 aromatic rings. The summed E-state index contributed by atoms with van der Waals surface area (Å²) >= 11 is 11.8. The summed E-state index contributed by atoms with van der Waals surface area (Å²) in [5.74, 6) is -3.04. The lowest BCUT2D eigenvalue weighted by Crippen LogP contribution is -2.63. The van der Waals surface area contributed by atoms with Crippen molar-refractivity contribution < 1.29 is 106 Å². The summed E-state index contributed by atoms with van der Waals surface area (Å²) in [5, 5.41) is 36.3. The summed E-state index contributed by atoms with van der Waals surface area (Å²) in [4.78, 5) is 124. The van der Waals surface area contributed by atoms with Gasteiger partial charge in [-0.05, 0) is 122 Å². The molecular weight excluding hydrogens is 1700 g/mol. The molecule has 0 radical (unpaired) electrons. The number of rotatable bonds is 19. The Kier molecular flexibility index (Phi) is 31.5. The largest absolute Gasteiger partial charge is 0.480 e. The highest BCUT2D eigenvalue weighted by Gasteiger charge is 2.51. The van der Waals surface area contributed by atoms with Crippen molar-refractivity contribution in [3.8, 4) is 22.3 Å². The van der Waals surface area contributed by atoms with E-state index < -0.39 is 168 Å². The van der Waals surface area contributed by atoms with Crippen molar-refractivity contribution in [2.45, 2.75) is 134 Å². The fourth-order valence-corrected chi connectivity index (χ4v) is 12.6. The number of carbonyl (C=O) groups is 7. The first-order valence-corrected chi connectivity index (χ1v) is 40.6. The first-order chi connectivity index (χ1) is 57.1. The topological polar surface area (TPSA) is 385 Å². The highest BCUT2D eigenvalue weighted by atomic mass is 35.5. The number of nitrogens with zero attached hydrogens (tertiary/aromatic N) is 12. The molecule has 0 bridgehead atoms. The molecule has 0 atom stereocenters. The van der Waals surface area contributed by atoms with Crippen LogP contribution < -0.4 is 27.1 Å². The van der Waals surface area contributed by atoms with Gasteiger partial charge in [-0.25, -0.2) is 59.5 Å². The first kappa shape index (κ1) is 97.6. The number of benzene rings is 2. The van der Waals surface area contributed by atoms with Crippen molar-refractivity contribution in [2.24, 2.45) is 14.1 Å². The van der Waals surface area contributed by atoms with Gasteiger partial charge in [-0.15, -0.1) is 0 Å². The number of likely N-dealkylation sites (tertiary alicyclic amines) is 4. The minimum atomic E-state index is -3.67. The summed E-state index contributed by atoms with van der Waals surface area (Å²) in [5.41, 5.74) is -7.55. The lowest BCUT2D eigenvalue weighted by molar-refractivity contribution is -0.147. The fourth-order valence-electron chi connectivity index (χ4n) is 11.9. The Bertz CT molecular complexity index is 5310. The summed E-state index contributed by atoms with van der Waals surface area (Å²) < 4.78 is 149. The molecule has 5 N–H and O–H groups in total. The van der Waals surface area contributed by atoms with Crippen molar-refractivity contribution >= 4 is 97.4 Å². The van der Waals surface area contributed by atoms with Crippen molar-refractivity contribution in [1.82, 2.24) is 74.2 Å². The van der Waals surface area contributed by atoms with Crippen LogP contribution in [-0.4, -0.2) is 269 Å². The third kappa shape index (κ3) is 28.1. The SMILES string of the molecule is CC(C)(C)OC(=O)N1CC(F)(CF)C1.CC(C)(C)OC(=O)N1CC(F)(CO)C1.CC(C)(C)OC(=O)N1CC(F)(COS(C)(=O)=O)C1.Cn1cc(-c2cnc3c(c2)cc(C(=O)NCc2ccc(Cl)cc2)c(=O)n3CC(=O)N2CC(F)(CF)C2)cn1.Cn1cc(-c2cnc3c(c2)cc(C(=O)NCc2ccc(Cl)cc2)c(=O)n3CC(=O)O)cn1.FCC1(F)CNC1. The second-order valence-electron chi connectivity index (χ2n) is 33.1. The Morgan fingerprint density at radius 2 is 0.862 bits per heavy atom. The fraction of sp³-hybridized carbons (Fsp3) is 0.487. The van der Waals surface area contributed by atoms with Crippen molar-refractivity contribution in [3.05, 3.63) is 163 Å². The van der Waals surface area contributed by atoms with E-state index in [2.05, 4.69) is 40.3 Å². The number of aryl methyl sites for hydroxylation is 2. The lowest BCUT2D eigenvalue weighted by Gasteiger charge is -2.43. The molecule has 123 heavy (non-hydrogen) atoms. The Labute approximate surface area is 711 Å². The second kappa shape index (κ2) is 39.7. The maximum Gasteiger partial charge on any atom is 0.410 e. The minimum Gasteiger partial charge on any atom is -0.480 e. The molecule has 13 rings (SSSR count). The zero-order chi connectivity index (χ0) is 91.3. The monoisotopic (exact) mass is 1790 g/mol. The van der Waals surface area contributed by atoms with Crippen LogP contribution in [0.4, 0.5) is 49.5 Å². The molecule has 5 fully saturated rings. The molecule has 0 aliphatic carbocycles. The molecule has 11 heterocycles. The summed E-state index contributed by atoms with van der Waals surface area (Å²) in [7, 11) is -0.118. The number of nitrogens with one attached hydrogen (secondary N) is 3. The van der Waals surface area contributed by atoms with Gasteiger partial charge >= 0.3 is 24.2 Å². The molecule has 6 amide bonds. The number of carbonyl (C=O) groups excluding carboxylic acids is 6. The number of fused-ring (bicyclic) bond motifs is 2. The van der Waals surface area contributed by atoms with Gasteiger partial charge in [0.1, 0.15) is 78.9 Å². The van der Waals surface area contributed by atoms with Crippen LogP contribution in [-0.2, 0) is 78.4 Å². The number of amides is 6. The van der Waals surface area contributed by atoms with Crippen LogP contribution in [0.25, 0.3) is 44.3 Å². The van der Waals surface area contributed by atoms with Gasteiger partial charge in [-0.2, -0.15) is 18.6 Å². The van der Waals surface area contributed by atoms with Crippen molar-refractivity contribution in [3.63, 3.8) is 0 Å². The summed E-state index contributed by atoms with van der Waals surface area (Å²) in [6.07, 6.45) is 9.11. The summed E-state index contributed by atoms with van der Waals surface area (Å²) in [6, 6.07) is 20.1. The quantitative estimate of drug-likeness (QED) is 0.0286. The van der Waals surface area contributed by atoms with Crippen LogP contribution in [0.1, 0.15) is 94.2 Å². The van der Waals surface area contributed by atoms with Gasteiger partial charge in [-0.1, -0.05) is 47.5 Å². The van der Waals surface area contributed by atoms with E-state index in [0.29, 0.717) is 26.4 Å². The molecule has 43 heteroatoms. The van der Waals surface area contributed by atoms with E-state index in [9.17, 15) is 91.8 Å². The molecular formula is C80H97Cl2F8N15O17S. The molecule has 32 nitrogen and oxygen atoms in total. The number of ether oxygens (including phenoxy) is 3. The number of aliphatic hydroxyl groups is 1. The van der Waals surface area contributed by atoms with Crippen molar-refractivity contribution in [1.29, 1.82) is 0 Å². The van der Waals surface area contributed by atoms with Gasteiger partial charge in [0, 0.05) is 108 Å². The van der Waals surface area contributed by atoms with Gasteiger partial charge < -0.3 is 60.0 Å². The van der Waals surface area contributed by atoms with E-state index in [1.54, 1.807) is 177 Å². The molecule has 5 saturated heterocycles. The Morgan fingerprint density at radius 1 is 0.512 bits per heavy atom. The molecule has 5 aliphatic rings. The van der Waals surface area contributed by atoms with Crippen LogP contribution in [0.5, 0.6) is 0 Å². The number of alkyl halides is 8. The Balaban J connectivity index is 0.000000198. The molecule has 670 valence electrons. The van der Waals surface area contributed by atoms with E-state index in [1.807, 2.05) is 0 Å². The second-order valence-corrected chi connectivity index (χ2v) is 35.6. The van der Waals surface area contributed by atoms with Gasteiger partial charge in [0.15, 0.2) is 28.3 Å². The molecule has 0 unspecified atom stereocenters. The molecule has 0 saturated carbocycles. The number of carboxylic acid groups (broad SMARTS) is 1. The number of aliphatic hydroxyl groups excluding tert-OH is 1. The maximum atomic E-state index is 14.0. The van der Waals surface area contributed by atoms with Crippen molar-refractivity contribution in [2.75, 3.05) is 105 Å². The molecule has 2 aromatic carbocycles. The number of aromatic nitrogens is 8. The Hall–Kier alpha value is -10.9. The van der Waals surface area contributed by atoms with E-state index in [0.717, 1.165) is 57.9 Å². The zero-order valence-corrected chi connectivity index (χ0v) is 71.7. The number of carboxylic acids is 1. The third-order valence-corrected chi connectivity index (χ3v) is 19.3. The van der Waals surface area contributed by atoms with Gasteiger partial charge in [0.25, 0.3) is 33.1 Å². The van der Waals surface area contributed by atoms with Gasteiger partial charge in [-0.3, -0.25) is 51.4 Å². The standard InChI is InChI=1S/C26H23ClF2N6O3.C22H18ClN5O4.C10H18FNO5S.C9H15F2NO2.C9H16FNO3.C4H7F2N/c1-33-11-19(10-32-33)18-6-17-7-21(24(37)31-8-16-2-4-20(27)5-3-16)25(38)35(23(17)30-9-18)12-22(36)34-14-26(29,13-28)15-34;1-27-11-16(10-26-27)15-6-14-7-18(21(31)25-8-13-2-4-17(23)5-3-13)22(32)28(12-19(29)30)20(14)24-9-15;1-9(2,3)17-8(13)12-5-10(11,6-12)7-16-18(4,14)15;1-8(2,3)14-7(13)12-5-9(11,4-10)6-12;1-8(2,3)14-7(13)11-4-9(10,5-11)6-12;5-1-4(6)2-7-3-4/h2-7,9-11H,8,12-15H2,1H3,(H,31,37);2-7,9-11H,8,12H2,1H3,(H,25,31)(H,29,30);5-7H2,1-4H3;4-6H2,1-3H3;12H,4-6H2,1-3H3;7H,1-3H2. The molecule has 0 spiro atoms. The normalized spacial score (nSPS) is 16.2. The Morgan fingerprint density at radius 3 is 1.16 bits per heavy atom. The van der Waals surface area contributed by atoms with E-state index in [4.69, 9.17) is 42.5 Å². The van der Waals surface area contributed by atoms with Crippen LogP contribution in [0, 0.1) is 0 Å². The molecule has 5 aliphatic heterocycles. The van der Waals surface area contributed by atoms with Crippen LogP contribution >= 0.6 is 23.2 Å². The van der Waals surface area contributed by atoms with E-state index in [1.165, 1.54) is 23.2 Å². The maximum absolute atomic E-state index is 14.0. The summed E-state index contributed by atoms with van der Waals surface area (Å²) in [6.45, 7) is 9.11. The van der Waals surface area contributed by atoms with Gasteiger partial charge in [0.05, 0.1) is 77.6 Å². The predicted molar refractivity (Wildman–Crippen MR) is 437 cm³/mol. The van der Waals surface area contributed by atoms with Crippen LogP contribution in [0.3, 0.4) is 0 Å². The smallest absolute Gasteiger partial charge is 0.410 e. The highest BCUT2D eigenvalue weighted by Crippen LogP contribution is 2.33. The number of pyridine rings is 4. The third-order valence-electron chi connectivity index (χ3n) is 18.3. The van der Waals surface area contributed by atoms with Crippen LogP contribution in [0.15, 0.2) is 120 Å². The average Bonchev–Trinajstić information content (AvgIpc) is 1.56. The highest BCUT2D eigenvalue weighted by molar-refractivity contribution is 7.86. The predicted octanol–water partition coefficient (Wildman–Crippen LogP) is 9.41. The first-order valence-electron chi connectivity index (χ1n) is 38.0. The number of hydrogen-bond donors (Lipinski definition) is 5. The lowest BCUT2D eigenvalue weighted by atomic mass is 9.98. The number of halogens is 10.